The monoisotopic (exact) mass is 307 g/mol. The van der Waals surface area contributed by atoms with Crippen LogP contribution in [0.5, 0.6) is 5.75 Å². The minimum Gasteiger partial charge on any atom is -0.493 e. The van der Waals surface area contributed by atoms with Crippen LogP contribution in [0.4, 0.5) is 5.69 Å². The Morgan fingerprint density at radius 1 is 1.56 bits per heavy atom. The minimum atomic E-state index is -0.541. The van der Waals surface area contributed by atoms with Crippen LogP contribution in [0, 0.1) is 0 Å². The van der Waals surface area contributed by atoms with Crippen molar-refractivity contribution in [2.45, 2.75) is 13.0 Å². The second kappa shape index (κ2) is 6.99. The van der Waals surface area contributed by atoms with Gasteiger partial charge in [0.2, 0.25) is 0 Å². The molecule has 5 heteroatoms. The van der Waals surface area contributed by atoms with Crippen LogP contribution in [0.15, 0.2) is 22.7 Å². The highest BCUT2D eigenvalue weighted by atomic mass is 79.9. The first-order chi connectivity index (χ1) is 7.67. The molecule has 3 nitrogen and oxygen atoms in total. The molecule has 1 atom stereocenters. The number of alkyl halides is 1. The summed E-state index contributed by atoms with van der Waals surface area (Å²) in [5.74, 6) is 1.01. The molecular formula is C11H15BrClNO2. The molecule has 0 bridgehead atoms. The molecule has 2 N–H and O–H groups in total. The number of anilines is 1. The highest BCUT2D eigenvalue weighted by Gasteiger charge is 2.04. The van der Waals surface area contributed by atoms with Gasteiger partial charge in [0.1, 0.15) is 5.75 Å². The summed E-state index contributed by atoms with van der Waals surface area (Å²) in [7, 11) is 0. The van der Waals surface area contributed by atoms with Gasteiger partial charge in [0.25, 0.3) is 0 Å². The third-order valence-electron chi connectivity index (χ3n) is 1.95. The van der Waals surface area contributed by atoms with Gasteiger partial charge in [0.15, 0.2) is 0 Å². The molecule has 16 heavy (non-hydrogen) atoms. The Morgan fingerprint density at radius 3 is 2.94 bits per heavy atom. The zero-order chi connectivity index (χ0) is 12.0. The van der Waals surface area contributed by atoms with E-state index in [1.165, 1.54) is 0 Å². The number of aliphatic hydroxyl groups excluding tert-OH is 1. The summed E-state index contributed by atoms with van der Waals surface area (Å²) in [5.41, 5.74) is 0.899. The maximum atomic E-state index is 9.31. The van der Waals surface area contributed by atoms with Gasteiger partial charge in [-0.3, -0.25) is 0 Å². The van der Waals surface area contributed by atoms with E-state index in [1.807, 2.05) is 25.1 Å². The Bertz CT molecular complexity index is 336. The predicted octanol–water partition coefficient (Wildman–Crippen LogP) is 2.86. The van der Waals surface area contributed by atoms with Gasteiger partial charge in [-0.05, 0) is 35.0 Å². The summed E-state index contributed by atoms with van der Waals surface area (Å²) in [6, 6.07) is 5.70. The second-order valence-electron chi connectivity index (χ2n) is 3.27. The predicted molar refractivity (Wildman–Crippen MR) is 70.5 cm³/mol. The summed E-state index contributed by atoms with van der Waals surface area (Å²) in [5, 5.41) is 12.4. The fraction of sp³-hybridized carbons (Fsp3) is 0.455. The smallest absolute Gasteiger partial charge is 0.135 e. The van der Waals surface area contributed by atoms with E-state index in [4.69, 9.17) is 16.3 Å². The summed E-state index contributed by atoms with van der Waals surface area (Å²) >= 11 is 8.90. The van der Waals surface area contributed by atoms with Crippen molar-refractivity contribution in [2.24, 2.45) is 0 Å². The number of nitrogens with one attached hydrogen (secondary N) is 1. The lowest BCUT2D eigenvalue weighted by molar-refractivity contribution is 0.211. The normalized spacial score (nSPS) is 12.2. The summed E-state index contributed by atoms with van der Waals surface area (Å²) in [4.78, 5) is 0. The molecule has 1 aromatic rings. The molecule has 0 aliphatic rings. The van der Waals surface area contributed by atoms with Gasteiger partial charge < -0.3 is 15.2 Å². The van der Waals surface area contributed by atoms with E-state index in [0.29, 0.717) is 13.2 Å². The van der Waals surface area contributed by atoms with Crippen molar-refractivity contribution in [1.29, 1.82) is 0 Å². The SMILES string of the molecule is CCOc1cc(NCC(O)CCl)ccc1Br. The van der Waals surface area contributed by atoms with Crippen LogP contribution in [0.25, 0.3) is 0 Å². The molecule has 0 spiro atoms. The highest BCUT2D eigenvalue weighted by molar-refractivity contribution is 9.10. The minimum absolute atomic E-state index is 0.224. The van der Waals surface area contributed by atoms with E-state index in [0.717, 1.165) is 15.9 Å². The van der Waals surface area contributed by atoms with Crippen molar-refractivity contribution < 1.29 is 9.84 Å². The van der Waals surface area contributed by atoms with Gasteiger partial charge in [0.05, 0.1) is 23.1 Å². The molecular weight excluding hydrogens is 293 g/mol. The summed E-state index contributed by atoms with van der Waals surface area (Å²) < 4.78 is 6.35. The molecule has 90 valence electrons. The molecule has 0 aliphatic heterocycles. The fourth-order valence-corrected chi connectivity index (χ4v) is 1.64. The third kappa shape index (κ3) is 4.20. The Hall–Kier alpha value is -0.450. The van der Waals surface area contributed by atoms with Crippen LogP contribution in [-0.2, 0) is 0 Å². The lowest BCUT2D eigenvalue weighted by Gasteiger charge is -2.12. The lowest BCUT2D eigenvalue weighted by Crippen LogP contribution is -2.20. The molecule has 0 saturated heterocycles. The molecule has 0 amide bonds. The number of benzene rings is 1. The second-order valence-corrected chi connectivity index (χ2v) is 4.43. The maximum absolute atomic E-state index is 9.31. The Morgan fingerprint density at radius 2 is 2.31 bits per heavy atom. The quantitative estimate of drug-likeness (QED) is 0.794. The first-order valence-corrected chi connectivity index (χ1v) is 6.40. The van der Waals surface area contributed by atoms with Crippen LogP contribution in [-0.4, -0.2) is 30.2 Å². The van der Waals surface area contributed by atoms with E-state index in [2.05, 4.69) is 21.2 Å². The van der Waals surface area contributed by atoms with Crippen molar-refractivity contribution in [3.8, 4) is 5.75 Å². The Balaban J connectivity index is 2.63. The van der Waals surface area contributed by atoms with Gasteiger partial charge in [-0.1, -0.05) is 0 Å². The van der Waals surface area contributed by atoms with Crippen LogP contribution in [0.3, 0.4) is 0 Å². The molecule has 0 fully saturated rings. The molecule has 1 unspecified atom stereocenters. The summed E-state index contributed by atoms with van der Waals surface area (Å²) in [6.45, 7) is 2.98. The first-order valence-electron chi connectivity index (χ1n) is 5.07. The van der Waals surface area contributed by atoms with Crippen LogP contribution < -0.4 is 10.1 Å². The third-order valence-corrected chi connectivity index (χ3v) is 2.96. The van der Waals surface area contributed by atoms with Crippen LogP contribution >= 0.6 is 27.5 Å². The molecule has 0 aromatic heterocycles. The number of ether oxygens (including phenoxy) is 1. The van der Waals surface area contributed by atoms with Crippen molar-refractivity contribution >= 4 is 33.2 Å². The zero-order valence-electron chi connectivity index (χ0n) is 9.04. The van der Waals surface area contributed by atoms with E-state index in [9.17, 15) is 5.11 Å². The van der Waals surface area contributed by atoms with E-state index < -0.39 is 6.10 Å². The van der Waals surface area contributed by atoms with E-state index in [-0.39, 0.29) is 5.88 Å². The van der Waals surface area contributed by atoms with Crippen molar-refractivity contribution in [3.05, 3.63) is 22.7 Å². The van der Waals surface area contributed by atoms with Gasteiger partial charge >= 0.3 is 0 Å². The topological polar surface area (TPSA) is 41.5 Å². The molecule has 0 saturated carbocycles. The molecule has 0 heterocycles. The number of halogens is 2. The van der Waals surface area contributed by atoms with Crippen LogP contribution in [0.1, 0.15) is 6.92 Å². The van der Waals surface area contributed by atoms with E-state index in [1.54, 1.807) is 0 Å². The standard InChI is InChI=1S/C11H15BrClNO2/c1-2-16-11-5-8(3-4-10(11)12)14-7-9(15)6-13/h3-5,9,14-15H,2,6-7H2,1H3. The molecule has 0 radical (unpaired) electrons. The van der Waals surface area contributed by atoms with Crippen molar-refractivity contribution in [2.75, 3.05) is 24.3 Å². The van der Waals surface area contributed by atoms with Crippen molar-refractivity contribution in [3.63, 3.8) is 0 Å². The molecule has 1 rings (SSSR count). The summed E-state index contributed by atoms with van der Waals surface area (Å²) in [6.07, 6.45) is -0.541. The largest absolute Gasteiger partial charge is 0.493 e. The molecule has 0 aliphatic carbocycles. The van der Waals surface area contributed by atoms with Gasteiger partial charge in [-0.2, -0.15) is 0 Å². The fourth-order valence-electron chi connectivity index (χ4n) is 1.17. The Kier molecular flexibility index (Phi) is 5.95. The zero-order valence-corrected chi connectivity index (χ0v) is 11.4. The Labute approximate surface area is 109 Å². The van der Waals surface area contributed by atoms with Crippen LogP contribution in [0.2, 0.25) is 0 Å². The van der Waals surface area contributed by atoms with Crippen molar-refractivity contribution in [1.82, 2.24) is 0 Å². The number of hydrogen-bond donors (Lipinski definition) is 2. The highest BCUT2D eigenvalue weighted by Crippen LogP contribution is 2.28. The van der Waals surface area contributed by atoms with Gasteiger partial charge in [-0.15, -0.1) is 11.6 Å². The average molecular weight is 309 g/mol. The molecule has 1 aromatic carbocycles. The number of aliphatic hydroxyl groups is 1. The van der Waals surface area contributed by atoms with Gasteiger partial charge in [0, 0.05) is 18.3 Å². The first kappa shape index (κ1) is 13.6. The van der Waals surface area contributed by atoms with Gasteiger partial charge in [-0.25, -0.2) is 0 Å². The lowest BCUT2D eigenvalue weighted by atomic mass is 10.3. The average Bonchev–Trinajstić information content (AvgIpc) is 2.30. The number of rotatable bonds is 6. The maximum Gasteiger partial charge on any atom is 0.135 e. The number of hydrogen-bond acceptors (Lipinski definition) is 3. The van der Waals surface area contributed by atoms with E-state index >= 15 is 0 Å².